The van der Waals surface area contributed by atoms with Crippen LogP contribution < -0.4 is 0 Å². The molecule has 0 spiro atoms. The van der Waals surface area contributed by atoms with Gasteiger partial charge in [-0.05, 0) is 96.8 Å². The minimum Gasteiger partial charge on any atom is -0.298 e. The number of aryl methyl sites for hydroxylation is 2. The third kappa shape index (κ3) is 9.51. The predicted molar refractivity (Wildman–Crippen MR) is 207 cm³/mol. The Morgan fingerprint density at radius 1 is 0.519 bits per heavy atom. The monoisotopic (exact) mass is 774 g/mol. The molecule has 6 rings (SSSR count). The van der Waals surface area contributed by atoms with Gasteiger partial charge in [-0.1, -0.05) is 95.0 Å². The molecule has 0 saturated heterocycles. The van der Waals surface area contributed by atoms with Gasteiger partial charge in [0.05, 0.1) is 9.79 Å². The van der Waals surface area contributed by atoms with Crippen LogP contribution in [0.1, 0.15) is 22.3 Å². The SMILES string of the molecule is Cc1ccc(S(=O)(=O)N2CC(C=O)=C/C(=C/c3ccccc3Cl)C2)cc1.Cc1ccc(S(=O)(=O)N2CC(C=O)=C/C(=C/c3ccccc3Cl)C2)cc1. The van der Waals surface area contributed by atoms with Gasteiger partial charge in [0, 0.05) is 47.4 Å². The summed E-state index contributed by atoms with van der Waals surface area (Å²) in [5, 5.41) is 1.14. The van der Waals surface area contributed by atoms with E-state index in [1.165, 1.54) is 8.61 Å². The van der Waals surface area contributed by atoms with Gasteiger partial charge in [0.1, 0.15) is 12.6 Å². The number of hydrogen-bond acceptors (Lipinski definition) is 6. The Kier molecular flexibility index (Phi) is 12.6. The molecule has 0 radical (unpaired) electrons. The van der Waals surface area contributed by atoms with E-state index in [9.17, 15) is 26.4 Å². The molecule has 8 nitrogen and oxygen atoms in total. The number of halogens is 2. The summed E-state index contributed by atoms with van der Waals surface area (Å²) in [4.78, 5) is 23.1. The first-order valence-electron chi connectivity index (χ1n) is 16.2. The van der Waals surface area contributed by atoms with Crippen molar-refractivity contribution in [1.29, 1.82) is 0 Å². The van der Waals surface area contributed by atoms with Gasteiger partial charge in [-0.2, -0.15) is 8.61 Å². The van der Waals surface area contributed by atoms with Crippen molar-refractivity contribution in [3.05, 3.63) is 164 Å². The van der Waals surface area contributed by atoms with Crippen LogP contribution in [0.25, 0.3) is 12.2 Å². The van der Waals surface area contributed by atoms with E-state index in [-0.39, 0.29) is 36.0 Å². The van der Waals surface area contributed by atoms with Gasteiger partial charge in [0.15, 0.2) is 0 Å². The lowest BCUT2D eigenvalue weighted by atomic mass is 10.0. The van der Waals surface area contributed by atoms with E-state index in [1.54, 1.807) is 72.8 Å². The standard InChI is InChI=1S/2C20H18ClNO3S/c2*1-15-6-8-19(9-7-15)26(24,25)22-12-16(10-17(13-22)14-23)11-18-4-2-3-5-20(18)21/h2*2-11,14H,12-13H2,1H3/b2*16-11-. The Hall–Kier alpha value is -4.42. The van der Waals surface area contributed by atoms with Crippen LogP contribution in [0.15, 0.2) is 141 Å². The highest BCUT2D eigenvalue weighted by molar-refractivity contribution is 7.89. The molecule has 12 heteroatoms. The molecule has 0 aromatic heterocycles. The molecule has 2 aliphatic rings. The Labute approximate surface area is 315 Å². The predicted octanol–water partition coefficient (Wildman–Crippen LogP) is 7.72. The second-order valence-electron chi connectivity index (χ2n) is 12.3. The van der Waals surface area contributed by atoms with Crippen LogP contribution in [0.5, 0.6) is 0 Å². The van der Waals surface area contributed by atoms with Crippen molar-refractivity contribution >= 4 is 68.0 Å². The average Bonchev–Trinajstić information content (AvgIpc) is 3.14. The van der Waals surface area contributed by atoms with Gasteiger partial charge in [0.2, 0.25) is 20.0 Å². The van der Waals surface area contributed by atoms with Crippen molar-refractivity contribution in [1.82, 2.24) is 8.61 Å². The summed E-state index contributed by atoms with van der Waals surface area (Å²) in [5.41, 5.74) is 5.76. The first-order valence-corrected chi connectivity index (χ1v) is 19.8. The number of carbonyl (C=O) groups excluding carboxylic acids is 2. The van der Waals surface area contributed by atoms with Gasteiger partial charge in [-0.15, -0.1) is 0 Å². The largest absolute Gasteiger partial charge is 0.298 e. The van der Waals surface area contributed by atoms with Crippen LogP contribution in [-0.4, -0.2) is 64.2 Å². The van der Waals surface area contributed by atoms with Crippen molar-refractivity contribution in [2.75, 3.05) is 26.2 Å². The van der Waals surface area contributed by atoms with Crippen LogP contribution in [-0.2, 0) is 29.6 Å². The molecular formula is C40H36Cl2N2O6S2. The maximum Gasteiger partial charge on any atom is 0.243 e. The Morgan fingerprint density at radius 3 is 1.19 bits per heavy atom. The fraction of sp³-hybridized carbons (Fsp3) is 0.150. The average molecular weight is 776 g/mol. The summed E-state index contributed by atoms with van der Waals surface area (Å²) in [6.07, 6.45) is 8.44. The lowest BCUT2D eigenvalue weighted by Crippen LogP contribution is -2.37. The number of nitrogens with zero attached hydrogens (tertiary/aromatic N) is 2. The molecule has 4 aromatic rings. The molecule has 2 heterocycles. The molecular weight excluding hydrogens is 739 g/mol. The highest BCUT2D eigenvalue weighted by atomic mass is 35.5. The van der Waals surface area contributed by atoms with Crippen LogP contribution in [0, 0.1) is 13.8 Å². The van der Waals surface area contributed by atoms with Gasteiger partial charge in [-0.25, -0.2) is 16.8 Å². The normalized spacial score (nSPS) is 17.2. The van der Waals surface area contributed by atoms with E-state index >= 15 is 0 Å². The number of hydrogen-bond donors (Lipinski definition) is 0. The molecule has 2 aliphatic heterocycles. The third-order valence-electron chi connectivity index (χ3n) is 8.29. The number of benzene rings is 4. The van der Waals surface area contributed by atoms with Crippen molar-refractivity contribution < 1.29 is 26.4 Å². The molecule has 4 aromatic carbocycles. The lowest BCUT2D eigenvalue weighted by Gasteiger charge is -2.26. The zero-order valence-electron chi connectivity index (χ0n) is 28.4. The second-order valence-corrected chi connectivity index (χ2v) is 17.0. The van der Waals surface area contributed by atoms with Crippen LogP contribution in [0.4, 0.5) is 0 Å². The Balaban J connectivity index is 0.000000201. The zero-order chi connectivity index (χ0) is 37.5. The molecule has 268 valence electrons. The van der Waals surface area contributed by atoms with E-state index in [4.69, 9.17) is 23.2 Å². The van der Waals surface area contributed by atoms with Crippen LogP contribution in [0.2, 0.25) is 10.0 Å². The van der Waals surface area contributed by atoms with Crippen molar-refractivity contribution in [3.63, 3.8) is 0 Å². The Bertz CT molecular complexity index is 2150. The number of sulfonamides is 2. The highest BCUT2D eigenvalue weighted by Crippen LogP contribution is 2.27. The molecule has 0 amide bonds. The number of rotatable bonds is 8. The second kappa shape index (κ2) is 16.9. The van der Waals surface area contributed by atoms with E-state index in [0.717, 1.165) is 22.3 Å². The van der Waals surface area contributed by atoms with E-state index < -0.39 is 20.0 Å². The smallest absolute Gasteiger partial charge is 0.243 e. The summed E-state index contributed by atoms with van der Waals surface area (Å²) in [6, 6.07) is 27.9. The van der Waals surface area contributed by atoms with Gasteiger partial charge < -0.3 is 0 Å². The molecule has 0 saturated carbocycles. The van der Waals surface area contributed by atoms with Crippen molar-refractivity contribution in [3.8, 4) is 0 Å². The first-order chi connectivity index (χ1) is 24.8. The van der Waals surface area contributed by atoms with E-state index in [0.29, 0.717) is 44.9 Å². The molecule has 0 atom stereocenters. The fourth-order valence-corrected chi connectivity index (χ4v) is 8.76. The summed E-state index contributed by atoms with van der Waals surface area (Å²) >= 11 is 12.4. The maximum atomic E-state index is 13.0. The van der Waals surface area contributed by atoms with Crippen LogP contribution >= 0.6 is 23.2 Å². The Morgan fingerprint density at radius 2 is 0.865 bits per heavy atom. The highest BCUT2D eigenvalue weighted by Gasteiger charge is 2.30. The summed E-state index contributed by atoms with van der Waals surface area (Å²) in [7, 11) is -7.39. The maximum absolute atomic E-state index is 13.0. The summed E-state index contributed by atoms with van der Waals surface area (Å²) in [5.74, 6) is 0. The molecule has 0 bridgehead atoms. The number of carbonyl (C=O) groups is 2. The number of aldehydes is 2. The molecule has 0 unspecified atom stereocenters. The van der Waals surface area contributed by atoms with Crippen LogP contribution in [0.3, 0.4) is 0 Å². The van der Waals surface area contributed by atoms with Crippen molar-refractivity contribution in [2.45, 2.75) is 23.6 Å². The topological polar surface area (TPSA) is 109 Å². The lowest BCUT2D eigenvalue weighted by molar-refractivity contribution is -0.105. The molecule has 52 heavy (non-hydrogen) atoms. The summed E-state index contributed by atoms with van der Waals surface area (Å²) < 4.78 is 54.4. The minimum absolute atomic E-state index is 0.0551. The third-order valence-corrected chi connectivity index (χ3v) is 12.6. The van der Waals surface area contributed by atoms with Gasteiger partial charge in [-0.3, -0.25) is 9.59 Å². The van der Waals surface area contributed by atoms with Crippen molar-refractivity contribution in [2.24, 2.45) is 0 Å². The molecule has 0 aliphatic carbocycles. The van der Waals surface area contributed by atoms with E-state index in [1.807, 2.05) is 62.4 Å². The molecule has 0 N–H and O–H groups in total. The quantitative estimate of drug-likeness (QED) is 0.170. The van der Waals surface area contributed by atoms with Gasteiger partial charge in [0.25, 0.3) is 0 Å². The first kappa shape index (κ1) is 38.8. The molecule has 0 fully saturated rings. The van der Waals surface area contributed by atoms with E-state index in [2.05, 4.69) is 0 Å². The summed E-state index contributed by atoms with van der Waals surface area (Å²) in [6.45, 7) is 4.26. The zero-order valence-corrected chi connectivity index (χ0v) is 31.6. The van der Waals surface area contributed by atoms with Gasteiger partial charge >= 0.3 is 0 Å². The minimum atomic E-state index is -3.70. The fourth-order valence-electron chi connectivity index (χ4n) is 5.54.